The van der Waals surface area contributed by atoms with Crippen molar-refractivity contribution in [2.24, 2.45) is 5.92 Å². The van der Waals surface area contributed by atoms with Gasteiger partial charge < -0.3 is 52.1 Å². The van der Waals surface area contributed by atoms with Gasteiger partial charge in [-0.1, -0.05) is 88.4 Å². The summed E-state index contributed by atoms with van der Waals surface area (Å²) in [7, 11) is -11.4. The molecule has 8 aromatic carbocycles. The number of aryl methyl sites for hydroxylation is 4. The fourth-order valence-electron chi connectivity index (χ4n) is 15.5. The minimum absolute atomic E-state index is 0.00332. The summed E-state index contributed by atoms with van der Waals surface area (Å²) >= 11 is 0. The molecule has 0 atom stereocenters. The maximum Gasteiger partial charge on any atom is 0.265 e. The summed E-state index contributed by atoms with van der Waals surface area (Å²) in [4.78, 5) is 61.4. The minimum atomic E-state index is -4.07. The molecule has 0 unspecified atom stereocenters. The van der Waals surface area contributed by atoms with Gasteiger partial charge in [0.1, 0.15) is 28.7 Å². The molecule has 4 amide bonds. The van der Waals surface area contributed by atoms with E-state index in [1.807, 2.05) is 80.6 Å². The Balaban J connectivity index is 0.000000195. The summed E-state index contributed by atoms with van der Waals surface area (Å²) < 4.78 is 158. The van der Waals surface area contributed by atoms with Gasteiger partial charge in [-0.3, -0.25) is 44.8 Å². The second kappa shape index (κ2) is 48.5. The quantitative estimate of drug-likeness (QED) is 0.00771. The Hall–Kier alpha value is -10.6. The summed E-state index contributed by atoms with van der Waals surface area (Å²) in [6.07, 6.45) is 6.14. The molecule has 8 aromatic rings. The van der Waals surface area contributed by atoms with Crippen LogP contribution in [0.2, 0.25) is 0 Å². The lowest BCUT2D eigenvalue weighted by molar-refractivity contribution is -0.135. The highest BCUT2D eigenvalue weighted by molar-refractivity contribution is 7.94. The number of ether oxygens (including phenoxy) is 11. The van der Waals surface area contributed by atoms with E-state index in [-0.39, 0.29) is 136 Å². The van der Waals surface area contributed by atoms with Gasteiger partial charge in [-0.15, -0.1) is 0 Å². The Morgan fingerprint density at radius 1 is 0.331 bits per heavy atom. The molecule has 0 spiro atoms. The van der Waals surface area contributed by atoms with Crippen molar-refractivity contribution in [2.75, 3.05) is 101 Å². The summed E-state index contributed by atoms with van der Waals surface area (Å²) in [5, 5.41) is 36.5. The first-order valence-corrected chi connectivity index (χ1v) is 48.8. The van der Waals surface area contributed by atoms with Gasteiger partial charge in [0.15, 0.2) is 75.6 Å². The minimum Gasteiger partial charge on any atom is -0.497 e. The number of Topliss-reactive ketones (excluding diaryl/α,β-unsaturated/α-hetero) is 1. The van der Waals surface area contributed by atoms with E-state index in [0.717, 1.165) is 68.2 Å². The number of ketones is 1. The third kappa shape index (κ3) is 25.4. The average molecular weight is 1880 g/mol. The zero-order chi connectivity index (χ0) is 94.2. The van der Waals surface area contributed by atoms with Crippen LogP contribution in [0, 0.1) is 5.92 Å². The molecule has 8 N–H and O–H groups in total. The largest absolute Gasteiger partial charge is 0.497 e. The zero-order valence-electron chi connectivity index (χ0n) is 74.1. The highest BCUT2D eigenvalue weighted by Crippen LogP contribution is 2.41. The van der Waals surface area contributed by atoms with Crippen LogP contribution < -0.4 is 55.1 Å². The van der Waals surface area contributed by atoms with Crippen molar-refractivity contribution in [1.82, 2.24) is 21.9 Å². The van der Waals surface area contributed by atoms with Gasteiger partial charge in [-0.05, 0) is 264 Å². The van der Waals surface area contributed by atoms with Crippen molar-refractivity contribution in [3.05, 3.63) is 221 Å². The number of hydroxylamine groups is 4. The number of benzene rings is 8. The predicted octanol–water partition coefficient (Wildman–Crippen LogP) is 12.1. The highest BCUT2D eigenvalue weighted by atomic mass is 32.2. The molecule has 12 rings (SSSR count). The zero-order valence-corrected chi connectivity index (χ0v) is 77.3. The average Bonchev–Trinajstić information content (AvgIpc) is 0.762. The number of amides is 4. The molecule has 0 bridgehead atoms. The van der Waals surface area contributed by atoms with Gasteiger partial charge in [-0.2, -0.15) is 0 Å². The SMILES string of the molecule is CC(C)C(=O)c1cccc(CCCOc2ccc(S(=O)(=O)C3(C(=O)NO)CCOCC3)cc2)c1.CC(C)c1cccc(CCCOc2ccc(S(=O)(=O)C3(C(=O)NO)CCOCC3)cc2)c1.COc1ccc(CCCOc2ccc(S(=O)(=O)C3(C(=O)NO)CCOCC3)cc2)cc1.COc1ccc(CCCOc2ccc(S(=O)(=O)C3(C(=O)NO)CCOCC3)cc2)cc1OC. The number of methoxy groups -OCH3 is 3. The molecule has 130 heavy (non-hydrogen) atoms. The second-order valence-electron chi connectivity index (χ2n) is 32.1. The third-order valence-corrected chi connectivity index (χ3v) is 33.4. The van der Waals surface area contributed by atoms with Gasteiger partial charge in [-0.25, -0.2) is 55.6 Å². The Labute approximate surface area is 759 Å². The fourth-order valence-corrected chi connectivity index (χ4v) is 23.2. The number of nitrogens with one attached hydrogen (secondary N) is 4. The van der Waals surface area contributed by atoms with E-state index < -0.39 is 82.0 Å². The molecule has 36 heteroatoms. The van der Waals surface area contributed by atoms with Crippen molar-refractivity contribution in [3.8, 4) is 40.2 Å². The lowest BCUT2D eigenvalue weighted by atomic mass is 9.98. The van der Waals surface area contributed by atoms with Crippen LogP contribution in [0.3, 0.4) is 0 Å². The van der Waals surface area contributed by atoms with Crippen molar-refractivity contribution < 1.29 is 131 Å². The van der Waals surface area contributed by atoms with E-state index in [0.29, 0.717) is 72.4 Å². The maximum absolute atomic E-state index is 13.3. The van der Waals surface area contributed by atoms with Crippen LogP contribution in [0.1, 0.15) is 149 Å². The van der Waals surface area contributed by atoms with Crippen LogP contribution in [0.4, 0.5) is 0 Å². The molecule has 4 fully saturated rings. The Kier molecular flexibility index (Phi) is 38.5. The highest BCUT2D eigenvalue weighted by Gasteiger charge is 2.56. The summed E-state index contributed by atoms with van der Waals surface area (Å²) in [6.45, 7) is 10.9. The molecule has 706 valence electrons. The molecule has 0 saturated carbocycles. The molecule has 32 nitrogen and oxygen atoms in total. The number of rotatable bonds is 38. The predicted molar refractivity (Wildman–Crippen MR) is 479 cm³/mol. The van der Waals surface area contributed by atoms with Crippen molar-refractivity contribution in [3.63, 3.8) is 0 Å². The van der Waals surface area contributed by atoms with Gasteiger partial charge in [0.2, 0.25) is 0 Å². The first-order valence-electron chi connectivity index (χ1n) is 42.9. The van der Waals surface area contributed by atoms with E-state index >= 15 is 0 Å². The normalized spacial score (nSPS) is 15.7. The number of sulfone groups is 4. The van der Waals surface area contributed by atoms with Crippen LogP contribution in [0.15, 0.2) is 208 Å². The Morgan fingerprint density at radius 2 is 0.608 bits per heavy atom. The second-order valence-corrected chi connectivity index (χ2v) is 41.1. The van der Waals surface area contributed by atoms with E-state index in [9.17, 15) is 57.6 Å². The molecule has 4 heterocycles. The van der Waals surface area contributed by atoms with Gasteiger partial charge in [0.05, 0.1) is 67.3 Å². The number of hydrogen-bond donors (Lipinski definition) is 8. The van der Waals surface area contributed by atoms with Gasteiger partial charge in [0.25, 0.3) is 23.6 Å². The molecular weight excluding hydrogens is 1760 g/mol. The monoisotopic (exact) mass is 1880 g/mol. The molecule has 4 aliphatic heterocycles. The fraction of sp³-hybridized carbons (Fsp3) is 0.436. The molecule has 0 aliphatic carbocycles. The first kappa shape index (κ1) is 103. The van der Waals surface area contributed by atoms with Gasteiger partial charge >= 0.3 is 0 Å². The Bertz CT molecular complexity index is 5490. The van der Waals surface area contributed by atoms with Crippen LogP contribution >= 0.6 is 0 Å². The molecule has 0 radical (unpaired) electrons. The summed E-state index contributed by atoms with van der Waals surface area (Å²) in [5.41, 5.74) is 12.7. The van der Waals surface area contributed by atoms with Gasteiger partial charge in [0, 0.05) is 64.3 Å². The molecule has 4 saturated heterocycles. The number of hydrogen-bond acceptors (Lipinski definition) is 28. The molecule has 0 aromatic heterocycles. The Morgan fingerprint density at radius 3 is 0.892 bits per heavy atom. The standard InChI is InChI=1S/C25H31NO7S.C24H31NO6S.C23H29NO8S.C22H27NO7S/c1-18(2)23(27)20-7-3-5-19(17-20)6-4-14-33-21-8-10-22(11-9-21)34(30,31)25(24(28)26-29)12-15-32-16-13-25;1-18(2)20-7-3-5-19(17-20)6-4-14-31-21-8-10-22(11-9-21)32(28,29)24(23(26)25-27)12-15-30-16-13-24;1-29-20-10-5-17(16-21(20)30-2)4-3-13-32-18-6-8-19(9-7-18)33(27,28)23(22(25)24-26)11-14-31-15-12-23;1-28-18-6-4-17(5-7-18)3-2-14-30-19-8-10-20(11-9-19)31(26,27)22(21(24)23-25)12-15-29-16-13-22/h3,5,7-11,17-18,29H,4,6,12-16H2,1-2H3,(H,26,28);3,5,7-11,17-18,27H,4,6,12-16H2,1-2H3,(H,25,26);5-10,16,26H,3-4,11-15H2,1-2H3,(H,24,25);4-11,25H,2-3,12-16H2,1H3,(H,23,24). The summed E-state index contributed by atoms with van der Waals surface area (Å²) in [6, 6.07) is 53.7. The summed E-state index contributed by atoms with van der Waals surface area (Å²) in [5.74, 6) is 1.10. The van der Waals surface area contributed by atoms with E-state index in [1.54, 1.807) is 69.9 Å². The lowest BCUT2D eigenvalue weighted by Crippen LogP contribution is -2.54. The van der Waals surface area contributed by atoms with Crippen molar-refractivity contribution in [2.45, 2.75) is 175 Å². The molecule has 4 aliphatic rings. The smallest absolute Gasteiger partial charge is 0.265 e. The van der Waals surface area contributed by atoms with E-state index in [4.69, 9.17) is 72.9 Å². The van der Waals surface area contributed by atoms with E-state index in [2.05, 4.69) is 38.1 Å². The topological polar surface area (TPSA) is 452 Å². The number of carbonyl (C=O) groups is 5. The van der Waals surface area contributed by atoms with Crippen molar-refractivity contribution >= 4 is 68.8 Å². The van der Waals surface area contributed by atoms with Crippen LogP contribution in [0.5, 0.6) is 40.2 Å². The first-order chi connectivity index (χ1) is 62.3. The van der Waals surface area contributed by atoms with Crippen LogP contribution in [0.25, 0.3) is 0 Å². The number of carbonyl (C=O) groups excluding carboxylic acids is 5. The molecular formula is C94H118N4O28S4. The van der Waals surface area contributed by atoms with Crippen molar-refractivity contribution in [1.29, 1.82) is 0 Å². The maximum atomic E-state index is 13.3. The van der Waals surface area contributed by atoms with E-state index in [1.165, 1.54) is 87.1 Å². The van der Waals surface area contributed by atoms with Crippen LogP contribution in [-0.2, 0) is 103 Å². The third-order valence-electron chi connectivity index (χ3n) is 23.3. The van der Waals surface area contributed by atoms with Crippen LogP contribution in [-0.4, -0.2) is 204 Å². The lowest BCUT2D eigenvalue weighted by Gasteiger charge is -2.34.